The summed E-state index contributed by atoms with van der Waals surface area (Å²) in [7, 11) is 0. The third-order valence-corrected chi connectivity index (χ3v) is 3.01. The van der Waals surface area contributed by atoms with Gasteiger partial charge in [0.05, 0.1) is 12.2 Å². The summed E-state index contributed by atoms with van der Waals surface area (Å²) in [6.45, 7) is 6.96. The van der Waals surface area contributed by atoms with E-state index in [1.165, 1.54) is 12.8 Å². The minimum absolute atomic E-state index is 0.461. The Morgan fingerprint density at radius 2 is 2.10 bits per heavy atom. The lowest BCUT2D eigenvalue weighted by atomic mass is 9.73. The van der Waals surface area contributed by atoms with Crippen molar-refractivity contribution in [2.45, 2.75) is 45.8 Å². The Balaban J connectivity index is 2.20. The van der Waals surface area contributed by atoms with Gasteiger partial charge < -0.3 is 4.74 Å². The highest BCUT2D eigenvalue weighted by molar-refractivity contribution is 4.98. The summed E-state index contributed by atoms with van der Waals surface area (Å²) in [5.74, 6) is 0.800. The molecule has 2 heterocycles. The van der Waals surface area contributed by atoms with Gasteiger partial charge in [0.2, 0.25) is 0 Å². The van der Waals surface area contributed by atoms with Crippen LogP contribution in [0.25, 0.3) is 0 Å². The fraction of sp³-hybridized carbons (Fsp3) is 1.00. The van der Waals surface area contributed by atoms with Crippen LogP contribution >= 0.6 is 0 Å². The maximum absolute atomic E-state index is 5.80. The van der Waals surface area contributed by atoms with Crippen molar-refractivity contribution >= 4 is 0 Å². The van der Waals surface area contributed by atoms with Gasteiger partial charge in [0.1, 0.15) is 0 Å². The van der Waals surface area contributed by atoms with Crippen LogP contribution < -0.4 is 0 Å². The van der Waals surface area contributed by atoms with Crippen LogP contribution in [0.5, 0.6) is 0 Å². The molecule has 0 aromatic heterocycles. The van der Waals surface area contributed by atoms with Gasteiger partial charge in [0.25, 0.3) is 0 Å². The Bertz CT molecular complexity index is 151. The van der Waals surface area contributed by atoms with E-state index in [1.54, 1.807) is 0 Å². The molecular formula is C9H16O. The van der Waals surface area contributed by atoms with Crippen molar-refractivity contribution < 1.29 is 4.74 Å². The first-order valence-electron chi connectivity index (χ1n) is 4.25. The number of ether oxygens (including phenoxy) is 1. The van der Waals surface area contributed by atoms with Crippen molar-refractivity contribution in [3.63, 3.8) is 0 Å². The second-order valence-corrected chi connectivity index (χ2v) is 4.58. The molecular weight excluding hydrogens is 124 g/mol. The zero-order chi connectivity index (χ0) is 7.35. The number of hydrogen-bond acceptors (Lipinski definition) is 1. The van der Waals surface area contributed by atoms with Gasteiger partial charge in [-0.15, -0.1) is 0 Å². The lowest BCUT2D eigenvalue weighted by Crippen LogP contribution is -2.31. The summed E-state index contributed by atoms with van der Waals surface area (Å²) in [6, 6.07) is 0. The van der Waals surface area contributed by atoms with E-state index in [0.29, 0.717) is 17.6 Å². The Kier molecular flexibility index (Phi) is 1.17. The minimum Gasteiger partial charge on any atom is -0.374 e. The van der Waals surface area contributed by atoms with Gasteiger partial charge in [-0.05, 0) is 24.2 Å². The lowest BCUT2D eigenvalue weighted by Gasteiger charge is -2.30. The molecule has 2 aliphatic heterocycles. The molecule has 0 spiro atoms. The second kappa shape index (κ2) is 1.76. The molecule has 0 aliphatic carbocycles. The smallest absolute Gasteiger partial charge is 0.0657 e. The summed E-state index contributed by atoms with van der Waals surface area (Å²) in [5.41, 5.74) is 0.461. The topological polar surface area (TPSA) is 9.23 Å². The van der Waals surface area contributed by atoms with E-state index < -0.39 is 0 Å². The molecule has 0 saturated carbocycles. The Labute approximate surface area is 62.8 Å². The van der Waals surface area contributed by atoms with Crippen molar-refractivity contribution in [3.8, 4) is 0 Å². The van der Waals surface area contributed by atoms with E-state index in [0.717, 1.165) is 5.92 Å². The molecule has 0 radical (unpaired) electrons. The summed E-state index contributed by atoms with van der Waals surface area (Å²) in [5, 5.41) is 0. The maximum atomic E-state index is 5.80. The van der Waals surface area contributed by atoms with Crippen molar-refractivity contribution in [2.75, 3.05) is 0 Å². The van der Waals surface area contributed by atoms with Crippen molar-refractivity contribution in [2.24, 2.45) is 11.3 Å². The van der Waals surface area contributed by atoms with Gasteiger partial charge >= 0.3 is 0 Å². The van der Waals surface area contributed by atoms with Crippen molar-refractivity contribution in [1.82, 2.24) is 0 Å². The molecule has 2 aliphatic rings. The normalized spacial score (nSPS) is 50.1. The highest BCUT2D eigenvalue weighted by Gasteiger charge is 2.50. The first-order valence-corrected chi connectivity index (χ1v) is 4.25. The quantitative estimate of drug-likeness (QED) is 0.501. The fourth-order valence-corrected chi connectivity index (χ4v) is 2.72. The van der Waals surface area contributed by atoms with Crippen LogP contribution in [0.3, 0.4) is 0 Å². The van der Waals surface area contributed by atoms with Gasteiger partial charge in [-0.1, -0.05) is 20.8 Å². The van der Waals surface area contributed by atoms with E-state index in [1.807, 2.05) is 0 Å². The zero-order valence-corrected chi connectivity index (χ0v) is 7.05. The first kappa shape index (κ1) is 6.66. The fourth-order valence-electron chi connectivity index (χ4n) is 2.72. The van der Waals surface area contributed by atoms with E-state index in [-0.39, 0.29) is 0 Å². The van der Waals surface area contributed by atoms with Crippen LogP contribution in [-0.2, 0) is 4.74 Å². The van der Waals surface area contributed by atoms with Gasteiger partial charge in [-0.2, -0.15) is 0 Å². The first-order chi connectivity index (χ1) is 4.59. The van der Waals surface area contributed by atoms with Crippen LogP contribution in [0.1, 0.15) is 33.6 Å². The molecule has 3 atom stereocenters. The van der Waals surface area contributed by atoms with Gasteiger partial charge in [-0.25, -0.2) is 0 Å². The van der Waals surface area contributed by atoms with E-state index in [9.17, 15) is 0 Å². The van der Waals surface area contributed by atoms with Crippen molar-refractivity contribution in [1.29, 1.82) is 0 Å². The van der Waals surface area contributed by atoms with Crippen LogP contribution in [-0.4, -0.2) is 12.2 Å². The summed E-state index contributed by atoms with van der Waals surface area (Å²) in [6.07, 6.45) is 3.73. The molecule has 2 bridgehead atoms. The molecule has 0 N–H and O–H groups in total. The molecule has 2 rings (SSSR count). The minimum atomic E-state index is 0.461. The van der Waals surface area contributed by atoms with Gasteiger partial charge in [0, 0.05) is 0 Å². The molecule has 0 aromatic rings. The number of rotatable bonds is 0. The van der Waals surface area contributed by atoms with Gasteiger partial charge in [-0.3, -0.25) is 0 Å². The zero-order valence-electron chi connectivity index (χ0n) is 7.05. The summed E-state index contributed by atoms with van der Waals surface area (Å²) >= 11 is 0. The molecule has 1 heteroatoms. The SMILES string of the molecule is CC1CC2CC(C)(C)C1O2. The van der Waals surface area contributed by atoms with E-state index >= 15 is 0 Å². The Hall–Kier alpha value is -0.0400. The maximum Gasteiger partial charge on any atom is 0.0657 e. The molecule has 1 nitrogen and oxygen atoms in total. The Morgan fingerprint density at radius 1 is 1.40 bits per heavy atom. The molecule has 0 amide bonds. The highest BCUT2D eigenvalue weighted by atomic mass is 16.5. The third kappa shape index (κ3) is 0.731. The van der Waals surface area contributed by atoms with Crippen LogP contribution in [0.4, 0.5) is 0 Å². The standard InChI is InChI=1S/C9H16O/c1-6-4-7-5-9(2,3)8(6)10-7/h6-8H,4-5H2,1-3H3. The average molecular weight is 140 g/mol. The average Bonchev–Trinajstić information content (AvgIpc) is 2.18. The molecule has 0 aromatic carbocycles. The molecule has 2 fully saturated rings. The van der Waals surface area contributed by atoms with E-state index in [2.05, 4.69) is 20.8 Å². The van der Waals surface area contributed by atoms with Crippen LogP contribution in [0.2, 0.25) is 0 Å². The predicted molar refractivity (Wildman–Crippen MR) is 40.8 cm³/mol. The third-order valence-electron chi connectivity index (χ3n) is 3.01. The molecule has 2 saturated heterocycles. The number of hydrogen-bond donors (Lipinski definition) is 0. The Morgan fingerprint density at radius 3 is 2.40 bits per heavy atom. The lowest BCUT2D eigenvalue weighted by molar-refractivity contribution is 0.0556. The summed E-state index contributed by atoms with van der Waals surface area (Å²) in [4.78, 5) is 0. The molecule has 58 valence electrons. The van der Waals surface area contributed by atoms with Crippen molar-refractivity contribution in [3.05, 3.63) is 0 Å². The molecule has 3 unspecified atom stereocenters. The predicted octanol–water partition coefficient (Wildman–Crippen LogP) is 2.21. The highest BCUT2D eigenvalue weighted by Crippen LogP contribution is 2.49. The molecule has 10 heavy (non-hydrogen) atoms. The number of fused-ring (bicyclic) bond motifs is 2. The summed E-state index contributed by atoms with van der Waals surface area (Å²) < 4.78 is 5.80. The van der Waals surface area contributed by atoms with Crippen LogP contribution in [0, 0.1) is 11.3 Å². The van der Waals surface area contributed by atoms with E-state index in [4.69, 9.17) is 4.74 Å². The second-order valence-electron chi connectivity index (χ2n) is 4.58. The van der Waals surface area contributed by atoms with Gasteiger partial charge in [0.15, 0.2) is 0 Å². The monoisotopic (exact) mass is 140 g/mol. The van der Waals surface area contributed by atoms with Crippen LogP contribution in [0.15, 0.2) is 0 Å². The largest absolute Gasteiger partial charge is 0.374 e.